The minimum absolute atomic E-state index is 0.124. The van der Waals surface area contributed by atoms with Gasteiger partial charge in [-0.1, -0.05) is 0 Å². The summed E-state index contributed by atoms with van der Waals surface area (Å²) in [4.78, 5) is 25.4. The van der Waals surface area contributed by atoms with Crippen molar-refractivity contribution in [2.45, 2.75) is 38.6 Å². The first-order valence-electron chi connectivity index (χ1n) is 6.30. The molecule has 1 aliphatic carbocycles. The maximum absolute atomic E-state index is 12.4. The molecule has 2 rings (SSSR count). The third-order valence-electron chi connectivity index (χ3n) is 4.24. The van der Waals surface area contributed by atoms with Crippen LogP contribution in [0.4, 0.5) is 0 Å². The van der Waals surface area contributed by atoms with E-state index in [1.807, 2.05) is 11.8 Å². The Labute approximate surface area is 102 Å². The standard InChI is InChI=1S/C12H21N3O2/c1-8-2-3-9(10(14)16)6-15(8)11(17)12(7-13)4-5-12/h8-9H,2-7,13H2,1H3,(H2,14,16). The molecule has 5 heteroatoms. The van der Waals surface area contributed by atoms with Crippen molar-refractivity contribution in [1.29, 1.82) is 0 Å². The van der Waals surface area contributed by atoms with Crippen molar-refractivity contribution in [3.63, 3.8) is 0 Å². The number of rotatable bonds is 3. The molecule has 5 nitrogen and oxygen atoms in total. The van der Waals surface area contributed by atoms with Gasteiger partial charge in [-0.15, -0.1) is 0 Å². The van der Waals surface area contributed by atoms with Crippen LogP contribution in [-0.2, 0) is 9.59 Å². The average molecular weight is 239 g/mol. The van der Waals surface area contributed by atoms with Crippen LogP contribution in [0.15, 0.2) is 0 Å². The van der Waals surface area contributed by atoms with Crippen molar-refractivity contribution in [2.24, 2.45) is 22.8 Å². The van der Waals surface area contributed by atoms with E-state index in [4.69, 9.17) is 11.5 Å². The van der Waals surface area contributed by atoms with Gasteiger partial charge in [-0.25, -0.2) is 0 Å². The molecule has 2 aliphatic rings. The molecule has 1 aliphatic heterocycles. The largest absolute Gasteiger partial charge is 0.369 e. The molecule has 1 saturated carbocycles. The molecule has 2 fully saturated rings. The molecule has 0 aromatic rings. The van der Waals surface area contributed by atoms with Gasteiger partial charge in [0.25, 0.3) is 0 Å². The van der Waals surface area contributed by atoms with Crippen molar-refractivity contribution in [1.82, 2.24) is 4.90 Å². The molecule has 1 heterocycles. The SMILES string of the molecule is CC1CCC(C(N)=O)CN1C(=O)C1(CN)CC1. The van der Waals surface area contributed by atoms with E-state index in [0.717, 1.165) is 25.7 Å². The molecular formula is C12H21N3O2. The van der Waals surface area contributed by atoms with E-state index in [9.17, 15) is 9.59 Å². The summed E-state index contributed by atoms with van der Waals surface area (Å²) in [5, 5.41) is 0. The third kappa shape index (κ3) is 2.16. The van der Waals surface area contributed by atoms with E-state index in [2.05, 4.69) is 0 Å². The van der Waals surface area contributed by atoms with Gasteiger partial charge >= 0.3 is 0 Å². The van der Waals surface area contributed by atoms with Crippen LogP contribution in [-0.4, -0.2) is 35.8 Å². The molecule has 1 saturated heterocycles. The maximum Gasteiger partial charge on any atom is 0.230 e. The number of nitrogens with zero attached hydrogens (tertiary/aromatic N) is 1. The predicted octanol–water partition coefficient (Wildman–Crippen LogP) is -0.162. The van der Waals surface area contributed by atoms with E-state index in [1.54, 1.807) is 0 Å². The summed E-state index contributed by atoms with van der Waals surface area (Å²) in [5.74, 6) is -0.366. The lowest BCUT2D eigenvalue weighted by atomic mass is 9.91. The fraction of sp³-hybridized carbons (Fsp3) is 0.833. The number of amides is 2. The topological polar surface area (TPSA) is 89.4 Å². The number of hydrogen-bond donors (Lipinski definition) is 2. The van der Waals surface area contributed by atoms with Crippen molar-refractivity contribution >= 4 is 11.8 Å². The number of hydrogen-bond acceptors (Lipinski definition) is 3. The Balaban J connectivity index is 2.07. The van der Waals surface area contributed by atoms with Gasteiger partial charge in [0.15, 0.2) is 0 Å². The highest BCUT2D eigenvalue weighted by molar-refractivity contribution is 5.87. The Bertz CT molecular complexity index is 339. The second-order valence-corrected chi connectivity index (χ2v) is 5.47. The molecule has 0 aromatic carbocycles. The molecule has 96 valence electrons. The zero-order chi connectivity index (χ0) is 12.6. The molecule has 2 unspecified atom stereocenters. The van der Waals surface area contributed by atoms with E-state index in [0.29, 0.717) is 13.1 Å². The summed E-state index contributed by atoms with van der Waals surface area (Å²) >= 11 is 0. The Kier molecular flexibility index (Phi) is 3.12. The molecule has 17 heavy (non-hydrogen) atoms. The second kappa shape index (κ2) is 4.29. The molecule has 4 N–H and O–H groups in total. The van der Waals surface area contributed by atoms with E-state index in [1.165, 1.54) is 0 Å². The molecular weight excluding hydrogens is 218 g/mol. The van der Waals surface area contributed by atoms with Crippen LogP contribution in [0, 0.1) is 11.3 Å². The summed E-state index contributed by atoms with van der Waals surface area (Å²) < 4.78 is 0. The normalized spacial score (nSPS) is 31.1. The molecule has 0 radical (unpaired) electrons. The molecule has 2 amide bonds. The fourth-order valence-corrected chi connectivity index (χ4v) is 2.58. The van der Waals surface area contributed by atoms with Gasteiger partial charge in [0, 0.05) is 19.1 Å². The first kappa shape index (κ1) is 12.4. The minimum Gasteiger partial charge on any atom is -0.369 e. The van der Waals surface area contributed by atoms with Crippen LogP contribution < -0.4 is 11.5 Å². The maximum atomic E-state index is 12.4. The molecule has 2 atom stereocenters. The van der Waals surface area contributed by atoms with Crippen LogP contribution in [0.1, 0.15) is 32.6 Å². The number of nitrogens with two attached hydrogens (primary N) is 2. The molecule has 0 bridgehead atoms. The van der Waals surface area contributed by atoms with Gasteiger partial charge in [-0.3, -0.25) is 9.59 Å². The zero-order valence-electron chi connectivity index (χ0n) is 10.3. The number of piperidine rings is 1. The zero-order valence-corrected chi connectivity index (χ0v) is 10.3. The van der Waals surface area contributed by atoms with Crippen LogP contribution in [0.5, 0.6) is 0 Å². The summed E-state index contributed by atoms with van der Waals surface area (Å²) in [7, 11) is 0. The van der Waals surface area contributed by atoms with E-state index < -0.39 is 0 Å². The van der Waals surface area contributed by atoms with Gasteiger partial charge in [-0.05, 0) is 32.6 Å². The number of likely N-dealkylation sites (tertiary alicyclic amines) is 1. The van der Waals surface area contributed by atoms with Crippen LogP contribution in [0.2, 0.25) is 0 Å². The first-order valence-corrected chi connectivity index (χ1v) is 6.30. The van der Waals surface area contributed by atoms with Gasteiger partial charge in [-0.2, -0.15) is 0 Å². The Hall–Kier alpha value is -1.10. The Morgan fingerprint density at radius 3 is 2.47 bits per heavy atom. The fourth-order valence-electron chi connectivity index (χ4n) is 2.58. The monoisotopic (exact) mass is 239 g/mol. The quantitative estimate of drug-likeness (QED) is 0.717. The first-order chi connectivity index (χ1) is 8.00. The Morgan fingerprint density at radius 2 is 2.00 bits per heavy atom. The van der Waals surface area contributed by atoms with Crippen molar-refractivity contribution < 1.29 is 9.59 Å². The average Bonchev–Trinajstić information content (AvgIpc) is 3.09. The van der Waals surface area contributed by atoms with Gasteiger partial charge in [0.05, 0.1) is 11.3 Å². The number of carbonyl (C=O) groups is 2. The van der Waals surface area contributed by atoms with Crippen LogP contribution in [0.25, 0.3) is 0 Å². The van der Waals surface area contributed by atoms with Gasteiger partial charge in [0.2, 0.25) is 11.8 Å². The lowest BCUT2D eigenvalue weighted by Gasteiger charge is -2.38. The van der Waals surface area contributed by atoms with Crippen LogP contribution >= 0.6 is 0 Å². The highest BCUT2D eigenvalue weighted by Gasteiger charge is 2.52. The highest BCUT2D eigenvalue weighted by atomic mass is 16.2. The summed E-state index contributed by atoms with van der Waals surface area (Å²) in [6.45, 7) is 2.91. The van der Waals surface area contributed by atoms with Crippen molar-refractivity contribution in [2.75, 3.05) is 13.1 Å². The highest BCUT2D eigenvalue weighted by Crippen LogP contribution is 2.47. The number of primary amides is 1. The summed E-state index contributed by atoms with van der Waals surface area (Å²) in [6, 6.07) is 0.196. The van der Waals surface area contributed by atoms with Gasteiger partial charge in [0.1, 0.15) is 0 Å². The predicted molar refractivity (Wildman–Crippen MR) is 63.8 cm³/mol. The summed E-state index contributed by atoms with van der Waals surface area (Å²) in [6.07, 6.45) is 3.40. The smallest absolute Gasteiger partial charge is 0.230 e. The third-order valence-corrected chi connectivity index (χ3v) is 4.24. The molecule has 0 spiro atoms. The minimum atomic E-state index is -0.326. The molecule has 0 aromatic heterocycles. The lowest BCUT2D eigenvalue weighted by molar-refractivity contribution is -0.142. The van der Waals surface area contributed by atoms with Crippen molar-refractivity contribution in [3.05, 3.63) is 0 Å². The lowest BCUT2D eigenvalue weighted by Crippen LogP contribution is -2.52. The number of carbonyl (C=O) groups excluding carboxylic acids is 2. The van der Waals surface area contributed by atoms with Crippen LogP contribution in [0.3, 0.4) is 0 Å². The summed E-state index contributed by atoms with van der Waals surface area (Å²) in [5.41, 5.74) is 10.7. The van der Waals surface area contributed by atoms with E-state index in [-0.39, 0.29) is 29.2 Å². The van der Waals surface area contributed by atoms with Crippen molar-refractivity contribution in [3.8, 4) is 0 Å². The second-order valence-electron chi connectivity index (χ2n) is 5.47. The van der Waals surface area contributed by atoms with E-state index >= 15 is 0 Å². The van der Waals surface area contributed by atoms with Gasteiger partial charge < -0.3 is 16.4 Å². The Morgan fingerprint density at radius 1 is 1.35 bits per heavy atom.